The summed E-state index contributed by atoms with van der Waals surface area (Å²) < 4.78 is 5.36. The molecule has 1 aromatic heterocycles. The number of rotatable bonds is 7. The highest BCUT2D eigenvalue weighted by Crippen LogP contribution is 2.17. The maximum Gasteiger partial charge on any atom is 0.291 e. The van der Waals surface area contributed by atoms with Crippen LogP contribution in [0.25, 0.3) is 0 Å². The second kappa shape index (κ2) is 7.23. The number of amides is 1. The Bertz CT molecular complexity index is 396. The Morgan fingerprint density at radius 3 is 2.68 bits per heavy atom. The average Bonchev–Trinajstić information content (AvgIpc) is 2.82. The Labute approximate surface area is 114 Å². The number of carbonyl (C=O) groups is 1. The lowest BCUT2D eigenvalue weighted by atomic mass is 9.96. The first-order chi connectivity index (χ1) is 8.95. The zero-order chi connectivity index (χ0) is 14.3. The molecule has 0 saturated heterocycles. The number of hydrogen-bond donors (Lipinski definition) is 2. The van der Waals surface area contributed by atoms with Gasteiger partial charge in [-0.05, 0) is 6.42 Å². The Morgan fingerprint density at radius 2 is 2.11 bits per heavy atom. The first kappa shape index (κ1) is 15.6. The van der Waals surface area contributed by atoms with Gasteiger partial charge in [-0.25, -0.2) is 4.98 Å². The van der Waals surface area contributed by atoms with E-state index in [-0.39, 0.29) is 17.1 Å². The SMILES string of the molecule is CCCCOCCNC(=O)c1n[nH]c(C(C)(C)C)n1. The fourth-order valence-corrected chi connectivity index (χ4v) is 1.36. The van der Waals surface area contributed by atoms with Gasteiger partial charge in [0.15, 0.2) is 0 Å². The minimum atomic E-state index is -0.272. The van der Waals surface area contributed by atoms with Crippen molar-refractivity contribution in [3.8, 4) is 0 Å². The van der Waals surface area contributed by atoms with E-state index in [1.165, 1.54) is 0 Å². The largest absolute Gasteiger partial charge is 0.380 e. The maximum atomic E-state index is 11.8. The van der Waals surface area contributed by atoms with Crippen LogP contribution in [-0.4, -0.2) is 40.8 Å². The van der Waals surface area contributed by atoms with Crippen LogP contribution in [0.15, 0.2) is 0 Å². The first-order valence-corrected chi connectivity index (χ1v) is 6.74. The zero-order valence-electron chi connectivity index (χ0n) is 12.2. The highest BCUT2D eigenvalue weighted by Gasteiger charge is 2.20. The van der Waals surface area contributed by atoms with Gasteiger partial charge in [0.05, 0.1) is 6.61 Å². The monoisotopic (exact) mass is 268 g/mol. The molecule has 0 radical (unpaired) electrons. The van der Waals surface area contributed by atoms with E-state index >= 15 is 0 Å². The molecule has 6 heteroatoms. The number of hydrogen-bond acceptors (Lipinski definition) is 4. The highest BCUT2D eigenvalue weighted by atomic mass is 16.5. The number of nitrogens with zero attached hydrogens (tertiary/aromatic N) is 2. The van der Waals surface area contributed by atoms with Gasteiger partial charge in [0.1, 0.15) is 5.82 Å². The summed E-state index contributed by atoms with van der Waals surface area (Å²) in [7, 11) is 0. The van der Waals surface area contributed by atoms with E-state index in [2.05, 4.69) is 27.4 Å². The maximum absolute atomic E-state index is 11.8. The van der Waals surface area contributed by atoms with Crippen molar-refractivity contribution < 1.29 is 9.53 Å². The van der Waals surface area contributed by atoms with E-state index in [0.717, 1.165) is 19.4 Å². The summed E-state index contributed by atoms with van der Waals surface area (Å²) in [5.74, 6) is 0.612. The lowest BCUT2D eigenvalue weighted by molar-refractivity contribution is 0.0903. The summed E-state index contributed by atoms with van der Waals surface area (Å²) in [6.45, 7) is 9.87. The molecule has 1 rings (SSSR count). The van der Waals surface area contributed by atoms with Crippen LogP contribution in [0.3, 0.4) is 0 Å². The second-order valence-corrected chi connectivity index (χ2v) is 5.48. The molecule has 0 fully saturated rings. The van der Waals surface area contributed by atoms with Crippen molar-refractivity contribution in [2.24, 2.45) is 0 Å². The Balaban J connectivity index is 2.32. The average molecular weight is 268 g/mol. The van der Waals surface area contributed by atoms with Gasteiger partial charge in [0.2, 0.25) is 5.82 Å². The summed E-state index contributed by atoms with van der Waals surface area (Å²) >= 11 is 0. The van der Waals surface area contributed by atoms with Gasteiger partial charge in [-0.3, -0.25) is 9.89 Å². The predicted octanol–water partition coefficient (Wildman–Crippen LogP) is 1.65. The predicted molar refractivity (Wildman–Crippen MR) is 73.1 cm³/mol. The van der Waals surface area contributed by atoms with Crippen molar-refractivity contribution in [2.75, 3.05) is 19.8 Å². The fraction of sp³-hybridized carbons (Fsp3) is 0.769. The minimum Gasteiger partial charge on any atom is -0.380 e. The molecule has 0 saturated carbocycles. The number of unbranched alkanes of at least 4 members (excludes halogenated alkanes) is 1. The van der Waals surface area contributed by atoms with Crippen molar-refractivity contribution in [1.29, 1.82) is 0 Å². The molecule has 0 bridgehead atoms. The van der Waals surface area contributed by atoms with E-state index in [0.29, 0.717) is 19.0 Å². The Hall–Kier alpha value is -1.43. The minimum absolute atomic E-state index is 0.144. The molecule has 0 atom stereocenters. The third-order valence-corrected chi connectivity index (χ3v) is 2.57. The zero-order valence-corrected chi connectivity index (χ0v) is 12.2. The van der Waals surface area contributed by atoms with Crippen LogP contribution in [0.2, 0.25) is 0 Å². The molecular weight excluding hydrogens is 244 g/mol. The molecule has 0 unspecified atom stereocenters. The molecule has 0 aromatic carbocycles. The number of H-pyrrole nitrogens is 1. The molecule has 0 aliphatic heterocycles. The van der Waals surface area contributed by atoms with E-state index in [1.54, 1.807) is 0 Å². The van der Waals surface area contributed by atoms with Crippen LogP contribution in [0, 0.1) is 0 Å². The van der Waals surface area contributed by atoms with Crippen molar-refractivity contribution in [3.63, 3.8) is 0 Å². The molecular formula is C13H24N4O2. The van der Waals surface area contributed by atoms with E-state index in [1.807, 2.05) is 20.8 Å². The summed E-state index contributed by atoms with van der Waals surface area (Å²) in [4.78, 5) is 16.0. The van der Waals surface area contributed by atoms with Crippen LogP contribution >= 0.6 is 0 Å². The number of aromatic nitrogens is 3. The molecule has 2 N–H and O–H groups in total. The molecule has 6 nitrogen and oxygen atoms in total. The van der Waals surface area contributed by atoms with Crippen LogP contribution in [-0.2, 0) is 10.2 Å². The van der Waals surface area contributed by atoms with E-state index < -0.39 is 0 Å². The smallest absolute Gasteiger partial charge is 0.291 e. The van der Waals surface area contributed by atoms with Crippen LogP contribution in [0.5, 0.6) is 0 Å². The first-order valence-electron chi connectivity index (χ1n) is 6.74. The van der Waals surface area contributed by atoms with Gasteiger partial charge < -0.3 is 10.1 Å². The van der Waals surface area contributed by atoms with Crippen LogP contribution < -0.4 is 5.32 Å². The molecule has 1 amide bonds. The van der Waals surface area contributed by atoms with Gasteiger partial charge in [-0.15, -0.1) is 5.10 Å². The molecule has 0 spiro atoms. The van der Waals surface area contributed by atoms with Crippen LogP contribution in [0.4, 0.5) is 0 Å². The number of carbonyl (C=O) groups excluding carboxylic acids is 1. The third-order valence-electron chi connectivity index (χ3n) is 2.57. The van der Waals surface area contributed by atoms with Gasteiger partial charge in [0.25, 0.3) is 5.91 Å². The third kappa shape index (κ3) is 5.38. The number of aromatic amines is 1. The van der Waals surface area contributed by atoms with E-state index in [9.17, 15) is 4.79 Å². The number of ether oxygens (including phenoxy) is 1. The molecule has 1 heterocycles. The second-order valence-electron chi connectivity index (χ2n) is 5.48. The summed E-state index contributed by atoms with van der Waals surface area (Å²) in [5.41, 5.74) is -0.144. The molecule has 0 aliphatic carbocycles. The molecule has 0 aliphatic rings. The quantitative estimate of drug-likeness (QED) is 0.737. The van der Waals surface area contributed by atoms with Gasteiger partial charge in [0, 0.05) is 18.6 Å². The topological polar surface area (TPSA) is 79.9 Å². The van der Waals surface area contributed by atoms with Crippen molar-refractivity contribution in [1.82, 2.24) is 20.5 Å². The highest BCUT2D eigenvalue weighted by molar-refractivity contribution is 5.90. The summed E-state index contributed by atoms with van der Waals surface area (Å²) in [6, 6.07) is 0. The van der Waals surface area contributed by atoms with Crippen LogP contribution in [0.1, 0.15) is 57.0 Å². The lowest BCUT2D eigenvalue weighted by Gasteiger charge is -2.12. The molecule has 108 valence electrons. The lowest BCUT2D eigenvalue weighted by Crippen LogP contribution is -2.28. The van der Waals surface area contributed by atoms with Crippen molar-refractivity contribution in [2.45, 2.75) is 46.0 Å². The van der Waals surface area contributed by atoms with Gasteiger partial charge in [-0.2, -0.15) is 0 Å². The standard InChI is InChI=1S/C13H24N4O2/c1-5-6-8-19-9-7-14-11(18)10-15-12(17-16-10)13(2,3)4/h5-9H2,1-4H3,(H,14,18)(H,15,16,17). The molecule has 1 aromatic rings. The van der Waals surface area contributed by atoms with Gasteiger partial charge >= 0.3 is 0 Å². The Morgan fingerprint density at radius 1 is 1.37 bits per heavy atom. The Kier molecular flexibility index (Phi) is 5.95. The van der Waals surface area contributed by atoms with Crippen molar-refractivity contribution >= 4 is 5.91 Å². The van der Waals surface area contributed by atoms with Gasteiger partial charge in [-0.1, -0.05) is 34.1 Å². The summed E-state index contributed by atoms with van der Waals surface area (Å²) in [5, 5.41) is 9.45. The van der Waals surface area contributed by atoms with E-state index in [4.69, 9.17) is 4.74 Å². The number of nitrogens with one attached hydrogen (secondary N) is 2. The van der Waals surface area contributed by atoms with Crippen molar-refractivity contribution in [3.05, 3.63) is 11.6 Å². The normalized spacial score (nSPS) is 11.6. The molecule has 19 heavy (non-hydrogen) atoms. The fourth-order valence-electron chi connectivity index (χ4n) is 1.36. The summed E-state index contributed by atoms with van der Waals surface area (Å²) in [6.07, 6.45) is 2.16.